The van der Waals surface area contributed by atoms with Crippen molar-refractivity contribution in [2.45, 2.75) is 32.7 Å². The molecule has 4 nitrogen and oxygen atoms in total. The summed E-state index contributed by atoms with van der Waals surface area (Å²) in [6.07, 6.45) is 2.01. The molecule has 114 valence electrons. The molecule has 0 amide bonds. The van der Waals surface area contributed by atoms with E-state index >= 15 is 0 Å². The van der Waals surface area contributed by atoms with Gasteiger partial charge >= 0.3 is 0 Å². The van der Waals surface area contributed by atoms with Gasteiger partial charge in [0.25, 0.3) is 0 Å². The first-order valence-corrected chi connectivity index (χ1v) is 7.29. The van der Waals surface area contributed by atoms with E-state index in [4.69, 9.17) is 14.2 Å². The summed E-state index contributed by atoms with van der Waals surface area (Å²) in [5.41, 5.74) is 1.13. The summed E-state index contributed by atoms with van der Waals surface area (Å²) in [7, 11) is 3.38. The highest BCUT2D eigenvalue weighted by Crippen LogP contribution is 2.31. The van der Waals surface area contributed by atoms with Gasteiger partial charge in [-0.2, -0.15) is 0 Å². The quantitative estimate of drug-likeness (QED) is 0.669. The van der Waals surface area contributed by atoms with Crippen LogP contribution in [0.1, 0.15) is 38.3 Å². The predicted octanol–water partition coefficient (Wildman–Crippen LogP) is 3.17. The van der Waals surface area contributed by atoms with Crippen LogP contribution in [0.2, 0.25) is 0 Å². The van der Waals surface area contributed by atoms with Crippen molar-refractivity contribution in [1.82, 2.24) is 5.32 Å². The van der Waals surface area contributed by atoms with Crippen LogP contribution in [0.5, 0.6) is 11.5 Å². The van der Waals surface area contributed by atoms with E-state index in [-0.39, 0.29) is 6.04 Å². The van der Waals surface area contributed by atoms with E-state index in [1.54, 1.807) is 14.2 Å². The molecule has 0 aliphatic carbocycles. The zero-order chi connectivity index (χ0) is 14.8. The van der Waals surface area contributed by atoms with Gasteiger partial charge in [0.2, 0.25) is 0 Å². The van der Waals surface area contributed by atoms with E-state index in [0.29, 0.717) is 0 Å². The lowest BCUT2D eigenvalue weighted by atomic mass is 10.0. The minimum Gasteiger partial charge on any atom is -0.497 e. The molecule has 1 unspecified atom stereocenters. The van der Waals surface area contributed by atoms with Gasteiger partial charge < -0.3 is 19.5 Å². The number of rotatable bonds is 10. The van der Waals surface area contributed by atoms with Gasteiger partial charge in [-0.25, -0.2) is 0 Å². The average molecular weight is 281 g/mol. The third-order valence-corrected chi connectivity index (χ3v) is 3.21. The van der Waals surface area contributed by atoms with Crippen LogP contribution in [0.25, 0.3) is 0 Å². The highest BCUT2D eigenvalue weighted by molar-refractivity contribution is 5.42. The highest BCUT2D eigenvalue weighted by Gasteiger charge is 2.16. The third kappa shape index (κ3) is 5.02. The first kappa shape index (κ1) is 16.8. The van der Waals surface area contributed by atoms with Crippen molar-refractivity contribution in [2.75, 3.05) is 34.0 Å². The monoisotopic (exact) mass is 281 g/mol. The Morgan fingerprint density at radius 3 is 2.55 bits per heavy atom. The number of methoxy groups -OCH3 is 2. The Bertz CT molecular complexity index is 382. The Balaban J connectivity index is 2.90. The second kappa shape index (κ2) is 9.61. The zero-order valence-corrected chi connectivity index (χ0v) is 13.1. The van der Waals surface area contributed by atoms with Gasteiger partial charge in [-0.15, -0.1) is 0 Å². The molecule has 0 saturated heterocycles. The van der Waals surface area contributed by atoms with Crippen molar-refractivity contribution in [3.05, 3.63) is 23.8 Å². The molecule has 1 N–H and O–H groups in total. The molecule has 0 bridgehead atoms. The Hall–Kier alpha value is -1.26. The van der Waals surface area contributed by atoms with Crippen molar-refractivity contribution in [2.24, 2.45) is 0 Å². The van der Waals surface area contributed by atoms with Crippen LogP contribution < -0.4 is 14.8 Å². The lowest BCUT2D eigenvalue weighted by Gasteiger charge is -2.22. The zero-order valence-electron chi connectivity index (χ0n) is 13.1. The lowest BCUT2D eigenvalue weighted by Crippen LogP contribution is -2.24. The average Bonchev–Trinajstić information content (AvgIpc) is 2.50. The normalized spacial score (nSPS) is 12.2. The van der Waals surface area contributed by atoms with Crippen molar-refractivity contribution in [3.63, 3.8) is 0 Å². The van der Waals surface area contributed by atoms with Crippen LogP contribution in [-0.2, 0) is 4.74 Å². The van der Waals surface area contributed by atoms with Crippen LogP contribution >= 0.6 is 0 Å². The fourth-order valence-electron chi connectivity index (χ4n) is 2.14. The Labute approximate surface area is 122 Å². The summed E-state index contributed by atoms with van der Waals surface area (Å²) in [6.45, 7) is 6.63. The standard InChI is InChI=1S/C16H27NO3/c1-5-10-17-15(9-11-20-6-2)14-12-13(18-3)7-8-16(14)19-4/h7-8,12,15,17H,5-6,9-11H2,1-4H3. The van der Waals surface area contributed by atoms with E-state index in [1.165, 1.54) is 0 Å². The molecule has 0 aliphatic rings. The molecule has 4 heteroatoms. The number of hydrogen-bond donors (Lipinski definition) is 1. The topological polar surface area (TPSA) is 39.7 Å². The molecule has 1 aromatic carbocycles. The first-order chi connectivity index (χ1) is 9.76. The smallest absolute Gasteiger partial charge is 0.123 e. The van der Waals surface area contributed by atoms with Crippen LogP contribution in [0.15, 0.2) is 18.2 Å². The molecule has 0 radical (unpaired) electrons. The predicted molar refractivity (Wildman–Crippen MR) is 81.7 cm³/mol. The van der Waals surface area contributed by atoms with Crippen LogP contribution in [0, 0.1) is 0 Å². The molecule has 0 fully saturated rings. The number of nitrogens with one attached hydrogen (secondary N) is 1. The van der Waals surface area contributed by atoms with Gasteiger partial charge in [0.05, 0.1) is 14.2 Å². The van der Waals surface area contributed by atoms with Crippen LogP contribution in [-0.4, -0.2) is 34.0 Å². The largest absolute Gasteiger partial charge is 0.497 e. The second-order valence-corrected chi connectivity index (χ2v) is 4.60. The third-order valence-electron chi connectivity index (χ3n) is 3.21. The Morgan fingerprint density at radius 2 is 1.95 bits per heavy atom. The highest BCUT2D eigenvalue weighted by atomic mass is 16.5. The van der Waals surface area contributed by atoms with Crippen LogP contribution in [0.3, 0.4) is 0 Å². The van der Waals surface area contributed by atoms with Gasteiger partial charge in [0.1, 0.15) is 11.5 Å². The summed E-state index contributed by atoms with van der Waals surface area (Å²) in [5.74, 6) is 1.73. The molecule has 0 spiro atoms. The number of benzene rings is 1. The summed E-state index contributed by atoms with van der Waals surface area (Å²) in [6, 6.07) is 6.13. The summed E-state index contributed by atoms with van der Waals surface area (Å²) < 4.78 is 16.3. The summed E-state index contributed by atoms with van der Waals surface area (Å²) in [4.78, 5) is 0. The Morgan fingerprint density at radius 1 is 1.15 bits per heavy atom. The minimum absolute atomic E-state index is 0.214. The molecule has 0 saturated carbocycles. The van der Waals surface area contributed by atoms with Crippen molar-refractivity contribution in [3.8, 4) is 11.5 Å². The van der Waals surface area contributed by atoms with E-state index in [0.717, 1.165) is 49.7 Å². The SMILES string of the molecule is CCCNC(CCOCC)c1cc(OC)ccc1OC. The molecular weight excluding hydrogens is 254 g/mol. The lowest BCUT2D eigenvalue weighted by molar-refractivity contribution is 0.136. The molecule has 1 aromatic rings. The molecule has 0 heterocycles. The molecule has 20 heavy (non-hydrogen) atoms. The number of hydrogen-bond acceptors (Lipinski definition) is 4. The van der Waals surface area contributed by atoms with Crippen molar-refractivity contribution >= 4 is 0 Å². The van der Waals surface area contributed by atoms with Gasteiger partial charge in [-0.1, -0.05) is 6.92 Å². The van der Waals surface area contributed by atoms with Gasteiger partial charge in [-0.3, -0.25) is 0 Å². The summed E-state index contributed by atoms with van der Waals surface area (Å²) >= 11 is 0. The van der Waals surface area contributed by atoms with E-state index in [1.807, 2.05) is 25.1 Å². The maximum Gasteiger partial charge on any atom is 0.123 e. The van der Waals surface area contributed by atoms with E-state index in [2.05, 4.69) is 12.2 Å². The van der Waals surface area contributed by atoms with Gasteiger partial charge in [0.15, 0.2) is 0 Å². The van der Waals surface area contributed by atoms with Gasteiger partial charge in [0, 0.05) is 24.8 Å². The van der Waals surface area contributed by atoms with Crippen molar-refractivity contribution < 1.29 is 14.2 Å². The number of ether oxygens (including phenoxy) is 3. The van der Waals surface area contributed by atoms with E-state index < -0.39 is 0 Å². The fraction of sp³-hybridized carbons (Fsp3) is 0.625. The van der Waals surface area contributed by atoms with E-state index in [9.17, 15) is 0 Å². The molecule has 0 aromatic heterocycles. The maximum absolute atomic E-state index is 5.48. The van der Waals surface area contributed by atoms with Gasteiger partial charge in [-0.05, 0) is 44.5 Å². The fourth-order valence-corrected chi connectivity index (χ4v) is 2.14. The minimum atomic E-state index is 0.214. The molecule has 1 atom stereocenters. The maximum atomic E-state index is 5.48. The van der Waals surface area contributed by atoms with Crippen molar-refractivity contribution in [1.29, 1.82) is 0 Å². The van der Waals surface area contributed by atoms with Crippen LogP contribution in [0.4, 0.5) is 0 Å². The summed E-state index contributed by atoms with van der Waals surface area (Å²) in [5, 5.41) is 3.56. The Kier molecular flexibility index (Phi) is 8.07. The first-order valence-electron chi connectivity index (χ1n) is 7.29. The molecule has 0 aliphatic heterocycles. The molecule has 1 rings (SSSR count). The second-order valence-electron chi connectivity index (χ2n) is 4.60. The molecular formula is C16H27NO3.